The molecule has 1 unspecified atom stereocenters. The van der Waals surface area contributed by atoms with Crippen molar-refractivity contribution in [1.82, 2.24) is 30.0 Å². The van der Waals surface area contributed by atoms with Crippen LogP contribution >= 0.6 is 7.60 Å². The summed E-state index contributed by atoms with van der Waals surface area (Å²) in [6.07, 6.45) is 4.46. The number of hydrogen-bond acceptors (Lipinski definition) is 6. The Morgan fingerprint density at radius 2 is 2.18 bits per heavy atom. The minimum Gasteiger partial charge on any atom is -0.373 e. The summed E-state index contributed by atoms with van der Waals surface area (Å²) in [6.45, 7) is 0. The molecular formula is C11H13N6O4P. The topological polar surface area (TPSA) is 150 Å². The minimum atomic E-state index is -4.85. The molecule has 3 heterocycles. The number of imidazole rings is 1. The smallest absolute Gasteiger partial charge is 0.361 e. The van der Waals surface area contributed by atoms with E-state index in [4.69, 9.17) is 0 Å². The molecule has 0 aliphatic heterocycles. The van der Waals surface area contributed by atoms with Gasteiger partial charge in [0.1, 0.15) is 11.5 Å². The van der Waals surface area contributed by atoms with Gasteiger partial charge < -0.3 is 19.3 Å². The lowest BCUT2D eigenvalue weighted by Crippen LogP contribution is -2.27. The number of H-pyrrole nitrogens is 1. The van der Waals surface area contributed by atoms with Crippen LogP contribution < -0.4 is 0 Å². The molecule has 3 rings (SSSR count). The lowest BCUT2D eigenvalue weighted by molar-refractivity contribution is 0.0800. The van der Waals surface area contributed by atoms with Crippen molar-refractivity contribution in [3.8, 4) is 0 Å². The van der Waals surface area contributed by atoms with E-state index in [0.717, 1.165) is 0 Å². The normalized spacial score (nSPS) is 15.0. The van der Waals surface area contributed by atoms with E-state index in [0.29, 0.717) is 11.5 Å². The number of nitrogens with zero attached hydrogens (tertiary/aromatic N) is 5. The first kappa shape index (κ1) is 14.8. The van der Waals surface area contributed by atoms with Gasteiger partial charge in [-0.2, -0.15) is 0 Å². The fourth-order valence-corrected chi connectivity index (χ4v) is 3.06. The molecule has 0 radical (unpaired) electrons. The molecule has 0 aliphatic carbocycles. The second-order valence-corrected chi connectivity index (χ2v) is 6.65. The number of aromatic nitrogens is 6. The van der Waals surface area contributed by atoms with E-state index < -0.39 is 12.9 Å². The van der Waals surface area contributed by atoms with Gasteiger partial charge in [-0.3, -0.25) is 4.57 Å². The van der Waals surface area contributed by atoms with Crippen molar-refractivity contribution in [3.05, 3.63) is 42.1 Å². The Morgan fingerprint density at radius 1 is 1.36 bits per heavy atom. The highest BCUT2D eigenvalue weighted by atomic mass is 31.2. The van der Waals surface area contributed by atoms with Crippen LogP contribution in [0.5, 0.6) is 0 Å². The van der Waals surface area contributed by atoms with Crippen molar-refractivity contribution in [3.63, 3.8) is 0 Å². The number of aryl methyl sites for hydroxylation is 1. The van der Waals surface area contributed by atoms with Gasteiger partial charge >= 0.3 is 7.60 Å². The first-order valence-electron chi connectivity index (χ1n) is 6.34. The maximum Gasteiger partial charge on any atom is 0.361 e. The molecule has 4 N–H and O–H groups in total. The highest BCUT2D eigenvalue weighted by Gasteiger charge is 2.46. The van der Waals surface area contributed by atoms with Gasteiger partial charge in [-0.15, -0.1) is 5.10 Å². The van der Waals surface area contributed by atoms with Crippen LogP contribution in [0.4, 0.5) is 0 Å². The van der Waals surface area contributed by atoms with E-state index in [1.54, 1.807) is 22.9 Å². The zero-order valence-corrected chi connectivity index (χ0v) is 12.1. The van der Waals surface area contributed by atoms with Crippen molar-refractivity contribution >= 4 is 13.2 Å². The highest BCUT2D eigenvalue weighted by molar-refractivity contribution is 7.52. The lowest BCUT2D eigenvalue weighted by atomic mass is 10.1. The number of pyridine rings is 1. The molecule has 116 valence electrons. The van der Waals surface area contributed by atoms with Crippen LogP contribution in [0.2, 0.25) is 0 Å². The zero-order valence-electron chi connectivity index (χ0n) is 11.2. The van der Waals surface area contributed by atoms with Crippen LogP contribution in [-0.4, -0.2) is 44.9 Å². The summed E-state index contributed by atoms with van der Waals surface area (Å²) >= 11 is 0. The van der Waals surface area contributed by atoms with Gasteiger partial charge in [0.25, 0.3) is 0 Å². The largest absolute Gasteiger partial charge is 0.373 e. The Kier molecular flexibility index (Phi) is 3.53. The average molecular weight is 324 g/mol. The Hall–Kier alpha value is -2.13. The SMILES string of the molecule is O=P(O)(O)C(O)(CCc1nnn[nH]1)c1ccc2nccn2c1. The molecule has 22 heavy (non-hydrogen) atoms. The third-order valence-electron chi connectivity index (χ3n) is 3.43. The van der Waals surface area contributed by atoms with Crippen molar-refractivity contribution in [1.29, 1.82) is 0 Å². The molecule has 0 saturated carbocycles. The van der Waals surface area contributed by atoms with Crippen LogP contribution in [0, 0.1) is 0 Å². The number of hydrogen-bond donors (Lipinski definition) is 4. The molecule has 0 spiro atoms. The second-order valence-electron chi connectivity index (χ2n) is 4.82. The quantitative estimate of drug-likeness (QED) is 0.471. The molecule has 3 aromatic rings. The maximum atomic E-state index is 11.8. The molecule has 0 fully saturated rings. The molecule has 10 nitrogen and oxygen atoms in total. The van der Waals surface area contributed by atoms with E-state index in [9.17, 15) is 19.5 Å². The number of aliphatic hydroxyl groups is 1. The van der Waals surface area contributed by atoms with Crippen LogP contribution in [0.25, 0.3) is 5.65 Å². The van der Waals surface area contributed by atoms with Gasteiger partial charge in [0.2, 0.25) is 0 Å². The van der Waals surface area contributed by atoms with Crippen LogP contribution in [0.3, 0.4) is 0 Å². The van der Waals surface area contributed by atoms with Crippen LogP contribution in [0.1, 0.15) is 17.8 Å². The standard InChI is InChI=1S/C11H13N6O4P/c18-11(22(19,20)21,4-3-9-13-15-16-14-9)8-1-2-10-12-5-6-17(10)7-8/h1-2,5-7,18H,3-4H2,(H2,19,20,21)(H,13,14,15,16). The number of fused-ring (bicyclic) bond motifs is 1. The summed E-state index contributed by atoms with van der Waals surface area (Å²) in [6, 6.07) is 3.02. The Labute approximate surface area is 124 Å². The van der Waals surface area contributed by atoms with Gasteiger partial charge in [0, 0.05) is 30.6 Å². The Bertz CT molecular complexity index is 828. The van der Waals surface area contributed by atoms with Crippen LogP contribution in [0.15, 0.2) is 30.7 Å². The summed E-state index contributed by atoms with van der Waals surface area (Å²) in [7, 11) is -4.85. The second kappa shape index (κ2) is 5.25. The summed E-state index contributed by atoms with van der Waals surface area (Å²) in [5, 5.41) is 21.2. The van der Waals surface area contributed by atoms with Gasteiger partial charge in [0.05, 0.1) is 0 Å². The van der Waals surface area contributed by atoms with E-state index in [1.165, 1.54) is 12.3 Å². The first-order chi connectivity index (χ1) is 10.4. The van der Waals surface area contributed by atoms with Crippen molar-refractivity contribution in [2.45, 2.75) is 18.2 Å². The summed E-state index contributed by atoms with van der Waals surface area (Å²) in [5.74, 6) is 0.329. The summed E-state index contributed by atoms with van der Waals surface area (Å²) in [4.78, 5) is 23.3. The molecule has 0 aliphatic rings. The van der Waals surface area contributed by atoms with Gasteiger partial charge in [-0.05, 0) is 22.9 Å². The predicted molar refractivity (Wildman–Crippen MR) is 73.6 cm³/mol. The third-order valence-corrected chi connectivity index (χ3v) is 4.88. The van der Waals surface area contributed by atoms with Crippen molar-refractivity contribution < 1.29 is 19.5 Å². The first-order valence-corrected chi connectivity index (χ1v) is 7.95. The molecule has 0 aromatic carbocycles. The fourth-order valence-electron chi connectivity index (χ4n) is 2.19. The van der Waals surface area contributed by atoms with E-state index >= 15 is 0 Å². The van der Waals surface area contributed by atoms with E-state index in [1.807, 2.05) is 0 Å². The van der Waals surface area contributed by atoms with Gasteiger partial charge in [-0.1, -0.05) is 6.07 Å². The minimum absolute atomic E-state index is 0.0799. The molecule has 0 bridgehead atoms. The Balaban J connectivity index is 1.99. The average Bonchev–Trinajstić information content (AvgIpc) is 3.13. The summed E-state index contributed by atoms with van der Waals surface area (Å²) < 4.78 is 13.4. The summed E-state index contributed by atoms with van der Waals surface area (Å²) in [5.41, 5.74) is 0.704. The number of tetrazole rings is 1. The lowest BCUT2D eigenvalue weighted by Gasteiger charge is -2.29. The monoisotopic (exact) mass is 324 g/mol. The number of rotatable bonds is 5. The van der Waals surface area contributed by atoms with Gasteiger partial charge in [0.15, 0.2) is 5.34 Å². The highest BCUT2D eigenvalue weighted by Crippen LogP contribution is 2.57. The molecule has 1 atom stereocenters. The molecule has 0 saturated heterocycles. The zero-order chi connectivity index (χ0) is 15.8. The molecule has 11 heteroatoms. The molecule has 0 amide bonds. The predicted octanol–water partition coefficient (Wildman–Crippen LogP) is -0.197. The fraction of sp³-hybridized carbons (Fsp3) is 0.273. The number of nitrogens with one attached hydrogen (secondary N) is 1. The third kappa shape index (κ3) is 2.53. The number of aromatic amines is 1. The van der Waals surface area contributed by atoms with E-state index in [2.05, 4.69) is 25.6 Å². The molecule has 3 aromatic heterocycles. The van der Waals surface area contributed by atoms with Crippen LogP contribution in [-0.2, 0) is 16.3 Å². The van der Waals surface area contributed by atoms with Gasteiger partial charge in [-0.25, -0.2) is 10.1 Å². The Morgan fingerprint density at radius 3 is 2.86 bits per heavy atom. The van der Waals surface area contributed by atoms with E-state index in [-0.39, 0.29) is 18.4 Å². The maximum absolute atomic E-state index is 11.8. The molecular weight excluding hydrogens is 311 g/mol. The van der Waals surface area contributed by atoms with Crippen molar-refractivity contribution in [2.75, 3.05) is 0 Å². The van der Waals surface area contributed by atoms with Crippen molar-refractivity contribution in [2.24, 2.45) is 0 Å².